The molecule has 116 valence electrons. The average Bonchev–Trinajstić information content (AvgIpc) is 3.08. The molecule has 1 N–H and O–H groups in total. The van der Waals surface area contributed by atoms with Crippen molar-refractivity contribution in [3.05, 3.63) is 24.3 Å². The molecule has 3 amide bonds. The van der Waals surface area contributed by atoms with Crippen LogP contribution in [0.15, 0.2) is 24.3 Å². The second kappa shape index (κ2) is 6.17. The zero-order valence-electron chi connectivity index (χ0n) is 12.4. The van der Waals surface area contributed by atoms with Crippen molar-refractivity contribution in [2.24, 2.45) is 0 Å². The predicted octanol–water partition coefficient (Wildman–Crippen LogP) is 1.37. The molecule has 2 saturated heterocycles. The molecule has 0 radical (unpaired) electrons. The van der Waals surface area contributed by atoms with Crippen molar-refractivity contribution in [2.75, 3.05) is 29.9 Å². The van der Waals surface area contributed by atoms with E-state index in [0.29, 0.717) is 25.1 Å². The Labute approximate surface area is 129 Å². The largest absolute Gasteiger partial charge is 0.333 e. The molecule has 6 nitrogen and oxygen atoms in total. The van der Waals surface area contributed by atoms with Crippen molar-refractivity contribution in [3.63, 3.8) is 0 Å². The van der Waals surface area contributed by atoms with E-state index in [1.165, 1.54) is 0 Å². The molecule has 3 rings (SSSR count). The van der Waals surface area contributed by atoms with Crippen LogP contribution in [0.1, 0.15) is 25.7 Å². The Morgan fingerprint density at radius 3 is 2.55 bits per heavy atom. The minimum atomic E-state index is -0.208. The van der Waals surface area contributed by atoms with Crippen LogP contribution in [0.5, 0.6) is 0 Å². The minimum absolute atomic E-state index is 0.0339. The van der Waals surface area contributed by atoms with Crippen LogP contribution in [-0.2, 0) is 14.4 Å². The average molecular weight is 301 g/mol. The van der Waals surface area contributed by atoms with Crippen LogP contribution in [0.25, 0.3) is 0 Å². The van der Waals surface area contributed by atoms with E-state index in [-0.39, 0.29) is 24.3 Å². The van der Waals surface area contributed by atoms with E-state index < -0.39 is 0 Å². The standard InChI is InChI=1S/C16H19N3O3/c20-14(11-18-8-2-6-15(18)21)17-12-4-1-5-13(10-12)19-9-3-7-16(19)22/h1,4-5,10H,2-3,6-9,11H2,(H,17,20). The summed E-state index contributed by atoms with van der Waals surface area (Å²) >= 11 is 0. The molecule has 2 heterocycles. The predicted molar refractivity (Wildman–Crippen MR) is 82.5 cm³/mol. The number of amides is 3. The molecule has 1 aromatic rings. The quantitative estimate of drug-likeness (QED) is 0.913. The first-order valence-corrected chi connectivity index (χ1v) is 7.61. The molecule has 0 aliphatic carbocycles. The Morgan fingerprint density at radius 2 is 1.86 bits per heavy atom. The SMILES string of the molecule is O=C(CN1CCCC1=O)Nc1cccc(N2CCCC2=O)c1. The molecular weight excluding hydrogens is 282 g/mol. The van der Waals surface area contributed by atoms with Gasteiger partial charge in [0.25, 0.3) is 0 Å². The number of anilines is 2. The summed E-state index contributed by atoms with van der Waals surface area (Å²) in [6.45, 7) is 1.46. The van der Waals surface area contributed by atoms with E-state index in [4.69, 9.17) is 0 Å². The van der Waals surface area contributed by atoms with Crippen LogP contribution in [0.2, 0.25) is 0 Å². The summed E-state index contributed by atoms with van der Waals surface area (Å²) in [5.74, 6) is -0.0575. The van der Waals surface area contributed by atoms with E-state index in [1.807, 2.05) is 12.1 Å². The van der Waals surface area contributed by atoms with E-state index in [9.17, 15) is 14.4 Å². The monoisotopic (exact) mass is 301 g/mol. The van der Waals surface area contributed by atoms with Crippen LogP contribution >= 0.6 is 0 Å². The van der Waals surface area contributed by atoms with Crippen molar-refractivity contribution in [3.8, 4) is 0 Å². The van der Waals surface area contributed by atoms with E-state index >= 15 is 0 Å². The van der Waals surface area contributed by atoms with E-state index in [2.05, 4.69) is 5.32 Å². The second-order valence-electron chi connectivity index (χ2n) is 5.67. The molecule has 0 atom stereocenters. The van der Waals surface area contributed by atoms with Gasteiger partial charge in [-0.15, -0.1) is 0 Å². The molecule has 0 saturated carbocycles. The maximum absolute atomic E-state index is 12.0. The fourth-order valence-corrected chi connectivity index (χ4v) is 2.92. The second-order valence-corrected chi connectivity index (χ2v) is 5.67. The number of carbonyl (C=O) groups excluding carboxylic acids is 3. The van der Waals surface area contributed by atoms with Gasteiger partial charge in [0.05, 0.1) is 6.54 Å². The highest BCUT2D eigenvalue weighted by Gasteiger charge is 2.23. The Bertz CT molecular complexity index is 614. The number of rotatable bonds is 4. The summed E-state index contributed by atoms with van der Waals surface area (Å²) in [5.41, 5.74) is 1.45. The van der Waals surface area contributed by atoms with E-state index in [0.717, 1.165) is 25.1 Å². The van der Waals surface area contributed by atoms with E-state index in [1.54, 1.807) is 21.9 Å². The summed E-state index contributed by atoms with van der Waals surface area (Å²) in [4.78, 5) is 38.6. The summed E-state index contributed by atoms with van der Waals surface area (Å²) in [6, 6.07) is 7.26. The first-order chi connectivity index (χ1) is 10.6. The number of carbonyl (C=O) groups is 3. The highest BCUT2D eigenvalue weighted by molar-refractivity contribution is 5.98. The number of benzene rings is 1. The third-order valence-corrected chi connectivity index (χ3v) is 4.02. The third kappa shape index (κ3) is 3.10. The fraction of sp³-hybridized carbons (Fsp3) is 0.438. The summed E-state index contributed by atoms with van der Waals surface area (Å²) in [6.07, 6.45) is 2.79. The van der Waals surface area contributed by atoms with Crippen LogP contribution in [-0.4, -0.2) is 42.3 Å². The first-order valence-electron chi connectivity index (χ1n) is 7.61. The lowest BCUT2D eigenvalue weighted by Gasteiger charge is -2.18. The molecule has 6 heteroatoms. The molecule has 0 bridgehead atoms. The van der Waals surface area contributed by atoms with Gasteiger partial charge in [-0.2, -0.15) is 0 Å². The van der Waals surface area contributed by atoms with Crippen LogP contribution in [0.4, 0.5) is 11.4 Å². The van der Waals surface area contributed by atoms with Gasteiger partial charge in [-0.05, 0) is 31.0 Å². The maximum atomic E-state index is 12.0. The van der Waals surface area contributed by atoms with Gasteiger partial charge in [0.15, 0.2) is 0 Å². The molecule has 1 aromatic carbocycles. The number of hydrogen-bond donors (Lipinski definition) is 1. The van der Waals surface area contributed by atoms with Crippen LogP contribution < -0.4 is 10.2 Å². The lowest BCUT2D eigenvalue weighted by atomic mass is 10.2. The third-order valence-electron chi connectivity index (χ3n) is 4.02. The van der Waals surface area contributed by atoms with Gasteiger partial charge >= 0.3 is 0 Å². The molecule has 22 heavy (non-hydrogen) atoms. The smallest absolute Gasteiger partial charge is 0.243 e. The molecular formula is C16H19N3O3. The van der Waals surface area contributed by atoms with Crippen molar-refractivity contribution in [1.82, 2.24) is 4.90 Å². The lowest BCUT2D eigenvalue weighted by Crippen LogP contribution is -2.34. The van der Waals surface area contributed by atoms with Gasteiger partial charge in [-0.25, -0.2) is 0 Å². The van der Waals surface area contributed by atoms with Crippen molar-refractivity contribution in [2.45, 2.75) is 25.7 Å². The number of nitrogens with one attached hydrogen (secondary N) is 1. The van der Waals surface area contributed by atoms with Gasteiger partial charge in [0.2, 0.25) is 17.7 Å². The highest BCUT2D eigenvalue weighted by atomic mass is 16.2. The Morgan fingerprint density at radius 1 is 1.09 bits per heavy atom. The van der Waals surface area contributed by atoms with Gasteiger partial charge in [-0.1, -0.05) is 6.07 Å². The Balaban J connectivity index is 1.63. The molecule has 2 fully saturated rings. The minimum Gasteiger partial charge on any atom is -0.333 e. The van der Waals surface area contributed by atoms with Crippen LogP contribution in [0, 0.1) is 0 Å². The number of nitrogens with zero attached hydrogens (tertiary/aromatic N) is 2. The summed E-state index contributed by atoms with van der Waals surface area (Å²) in [5, 5.41) is 2.80. The Hall–Kier alpha value is -2.37. The summed E-state index contributed by atoms with van der Waals surface area (Å²) < 4.78 is 0. The van der Waals surface area contributed by atoms with Gasteiger partial charge in [0.1, 0.15) is 0 Å². The molecule has 0 unspecified atom stereocenters. The maximum Gasteiger partial charge on any atom is 0.243 e. The van der Waals surface area contributed by atoms with Gasteiger partial charge < -0.3 is 15.1 Å². The topological polar surface area (TPSA) is 69.7 Å². The van der Waals surface area contributed by atoms with Gasteiger partial charge in [-0.3, -0.25) is 14.4 Å². The lowest BCUT2D eigenvalue weighted by molar-refractivity contribution is -0.131. The first kappa shape index (κ1) is 14.6. The molecule has 0 aromatic heterocycles. The molecule has 2 aliphatic heterocycles. The Kier molecular flexibility index (Phi) is 4.09. The molecule has 2 aliphatic rings. The zero-order valence-corrected chi connectivity index (χ0v) is 12.4. The van der Waals surface area contributed by atoms with Crippen molar-refractivity contribution < 1.29 is 14.4 Å². The normalized spacial score (nSPS) is 18.2. The van der Waals surface area contributed by atoms with Crippen molar-refractivity contribution >= 4 is 29.1 Å². The van der Waals surface area contributed by atoms with Crippen molar-refractivity contribution in [1.29, 1.82) is 0 Å². The zero-order chi connectivity index (χ0) is 15.5. The molecule has 0 spiro atoms. The fourth-order valence-electron chi connectivity index (χ4n) is 2.92. The number of hydrogen-bond acceptors (Lipinski definition) is 3. The number of likely N-dealkylation sites (tertiary alicyclic amines) is 1. The van der Waals surface area contributed by atoms with Gasteiger partial charge in [0, 0.05) is 37.3 Å². The summed E-state index contributed by atoms with van der Waals surface area (Å²) in [7, 11) is 0. The highest BCUT2D eigenvalue weighted by Crippen LogP contribution is 2.24. The van der Waals surface area contributed by atoms with Crippen LogP contribution in [0.3, 0.4) is 0 Å².